The Balaban J connectivity index is 2.50. The molecular formula is C12H12F2N4. The Morgan fingerprint density at radius 2 is 2.00 bits per heavy atom. The SMILES string of the molecule is Cc1ccc(C(NN)c2cnccn2)c(F)c1F. The number of nitrogens with two attached hydrogens (primary N) is 1. The smallest absolute Gasteiger partial charge is 0.164 e. The van der Waals surface area contributed by atoms with Crippen LogP contribution in [0, 0.1) is 18.6 Å². The molecule has 0 bridgehead atoms. The average Bonchev–Trinajstić information content (AvgIpc) is 2.41. The highest BCUT2D eigenvalue weighted by Gasteiger charge is 2.21. The zero-order valence-electron chi connectivity index (χ0n) is 9.69. The molecule has 0 spiro atoms. The first kappa shape index (κ1) is 12.5. The van der Waals surface area contributed by atoms with E-state index < -0.39 is 17.7 Å². The van der Waals surface area contributed by atoms with Gasteiger partial charge in [0.05, 0.1) is 17.9 Å². The van der Waals surface area contributed by atoms with Crippen molar-refractivity contribution in [3.8, 4) is 0 Å². The third-order valence-corrected chi connectivity index (χ3v) is 2.66. The average molecular weight is 250 g/mol. The lowest BCUT2D eigenvalue weighted by Gasteiger charge is -2.16. The number of hydrogen-bond donors (Lipinski definition) is 2. The van der Waals surface area contributed by atoms with Gasteiger partial charge in [-0.1, -0.05) is 12.1 Å². The van der Waals surface area contributed by atoms with E-state index in [-0.39, 0.29) is 11.1 Å². The number of rotatable bonds is 3. The number of benzene rings is 1. The van der Waals surface area contributed by atoms with E-state index in [1.165, 1.54) is 37.6 Å². The van der Waals surface area contributed by atoms with Crippen LogP contribution in [0.3, 0.4) is 0 Å². The lowest BCUT2D eigenvalue weighted by Crippen LogP contribution is -2.30. The monoisotopic (exact) mass is 250 g/mol. The summed E-state index contributed by atoms with van der Waals surface area (Å²) in [6.45, 7) is 1.50. The zero-order valence-corrected chi connectivity index (χ0v) is 9.69. The van der Waals surface area contributed by atoms with Gasteiger partial charge < -0.3 is 0 Å². The summed E-state index contributed by atoms with van der Waals surface area (Å²) in [4.78, 5) is 7.90. The first-order valence-electron chi connectivity index (χ1n) is 5.31. The van der Waals surface area contributed by atoms with Crippen molar-refractivity contribution in [1.82, 2.24) is 15.4 Å². The number of nitrogens with one attached hydrogen (secondary N) is 1. The van der Waals surface area contributed by atoms with Crippen molar-refractivity contribution in [2.45, 2.75) is 13.0 Å². The molecule has 0 saturated carbocycles. The van der Waals surface area contributed by atoms with Gasteiger partial charge in [-0.05, 0) is 12.5 Å². The summed E-state index contributed by atoms with van der Waals surface area (Å²) in [5, 5.41) is 0. The van der Waals surface area contributed by atoms with Crippen LogP contribution in [0.5, 0.6) is 0 Å². The minimum atomic E-state index is -0.927. The van der Waals surface area contributed by atoms with Crippen LogP contribution in [0.4, 0.5) is 8.78 Å². The second kappa shape index (κ2) is 5.16. The Hall–Kier alpha value is -1.92. The van der Waals surface area contributed by atoms with E-state index in [1.54, 1.807) is 0 Å². The molecule has 0 fully saturated rings. The fourth-order valence-corrected chi connectivity index (χ4v) is 1.68. The Morgan fingerprint density at radius 3 is 2.61 bits per heavy atom. The number of nitrogens with zero attached hydrogens (tertiary/aromatic N) is 2. The van der Waals surface area contributed by atoms with Crippen LogP contribution in [-0.2, 0) is 0 Å². The molecule has 6 heteroatoms. The number of aryl methyl sites for hydroxylation is 1. The highest BCUT2D eigenvalue weighted by atomic mass is 19.2. The van der Waals surface area contributed by atoms with Gasteiger partial charge in [-0.25, -0.2) is 14.2 Å². The van der Waals surface area contributed by atoms with E-state index in [0.29, 0.717) is 5.69 Å². The van der Waals surface area contributed by atoms with Crippen molar-refractivity contribution in [3.63, 3.8) is 0 Å². The maximum Gasteiger partial charge on any atom is 0.164 e. The fourth-order valence-electron chi connectivity index (χ4n) is 1.68. The van der Waals surface area contributed by atoms with Gasteiger partial charge in [-0.3, -0.25) is 15.8 Å². The van der Waals surface area contributed by atoms with Crippen molar-refractivity contribution in [2.24, 2.45) is 5.84 Å². The summed E-state index contributed by atoms with van der Waals surface area (Å²) in [6, 6.07) is 2.23. The largest absolute Gasteiger partial charge is 0.271 e. The quantitative estimate of drug-likeness (QED) is 0.641. The molecule has 0 amide bonds. The number of hydrogen-bond acceptors (Lipinski definition) is 4. The predicted molar refractivity (Wildman–Crippen MR) is 62.3 cm³/mol. The molecule has 18 heavy (non-hydrogen) atoms. The van der Waals surface area contributed by atoms with Gasteiger partial charge in [0.2, 0.25) is 0 Å². The molecule has 1 aromatic carbocycles. The molecule has 4 nitrogen and oxygen atoms in total. The van der Waals surface area contributed by atoms with E-state index in [1.807, 2.05) is 0 Å². The van der Waals surface area contributed by atoms with E-state index in [0.717, 1.165) is 0 Å². The van der Waals surface area contributed by atoms with Gasteiger partial charge in [0, 0.05) is 18.0 Å². The van der Waals surface area contributed by atoms with E-state index >= 15 is 0 Å². The predicted octanol–water partition coefficient (Wildman–Crippen LogP) is 1.62. The third kappa shape index (κ3) is 2.20. The number of hydrazine groups is 1. The molecule has 0 radical (unpaired) electrons. The molecular weight excluding hydrogens is 238 g/mol. The first-order valence-corrected chi connectivity index (χ1v) is 5.31. The second-order valence-corrected chi connectivity index (χ2v) is 3.83. The third-order valence-electron chi connectivity index (χ3n) is 2.66. The van der Waals surface area contributed by atoms with Gasteiger partial charge >= 0.3 is 0 Å². The van der Waals surface area contributed by atoms with Gasteiger partial charge in [-0.2, -0.15) is 0 Å². The normalized spacial score (nSPS) is 12.4. The number of aromatic nitrogens is 2. The lowest BCUT2D eigenvalue weighted by atomic mass is 10.0. The zero-order chi connectivity index (χ0) is 13.1. The molecule has 0 aliphatic carbocycles. The van der Waals surface area contributed by atoms with Crippen LogP contribution in [0.15, 0.2) is 30.7 Å². The summed E-state index contributed by atoms with van der Waals surface area (Å²) in [5.41, 5.74) is 3.17. The highest BCUT2D eigenvalue weighted by Crippen LogP contribution is 2.24. The molecule has 1 aromatic heterocycles. The minimum Gasteiger partial charge on any atom is -0.271 e. The molecule has 2 rings (SSSR count). The van der Waals surface area contributed by atoms with Gasteiger partial charge in [-0.15, -0.1) is 0 Å². The highest BCUT2D eigenvalue weighted by molar-refractivity contribution is 5.32. The maximum absolute atomic E-state index is 13.9. The standard InChI is InChI=1S/C12H12F2N4/c1-7-2-3-8(11(14)10(7)13)12(18-15)9-6-16-4-5-17-9/h2-6,12,18H,15H2,1H3. The molecule has 94 valence electrons. The summed E-state index contributed by atoms with van der Waals surface area (Å²) < 4.78 is 27.4. The molecule has 1 heterocycles. The molecule has 0 saturated heterocycles. The lowest BCUT2D eigenvalue weighted by molar-refractivity contribution is 0.476. The van der Waals surface area contributed by atoms with Crippen molar-refractivity contribution in [3.05, 3.63) is 59.2 Å². The van der Waals surface area contributed by atoms with Crippen LogP contribution in [-0.4, -0.2) is 9.97 Å². The Kier molecular flexibility index (Phi) is 3.59. The summed E-state index contributed by atoms with van der Waals surface area (Å²) in [5.74, 6) is 3.58. The van der Waals surface area contributed by atoms with Crippen LogP contribution < -0.4 is 11.3 Å². The molecule has 1 unspecified atom stereocenters. The van der Waals surface area contributed by atoms with Gasteiger partial charge in [0.1, 0.15) is 0 Å². The van der Waals surface area contributed by atoms with Crippen LogP contribution >= 0.6 is 0 Å². The van der Waals surface area contributed by atoms with Gasteiger partial charge in [0.25, 0.3) is 0 Å². The van der Waals surface area contributed by atoms with E-state index in [9.17, 15) is 8.78 Å². The summed E-state index contributed by atoms with van der Waals surface area (Å²) in [6.07, 6.45) is 4.40. The molecule has 0 aliphatic rings. The van der Waals surface area contributed by atoms with E-state index in [4.69, 9.17) is 5.84 Å². The molecule has 1 atom stereocenters. The van der Waals surface area contributed by atoms with Crippen LogP contribution in [0.1, 0.15) is 22.9 Å². The molecule has 2 aromatic rings. The first-order chi connectivity index (χ1) is 8.65. The topological polar surface area (TPSA) is 63.8 Å². The maximum atomic E-state index is 13.9. The van der Waals surface area contributed by atoms with Crippen molar-refractivity contribution >= 4 is 0 Å². The van der Waals surface area contributed by atoms with Crippen LogP contribution in [0.2, 0.25) is 0 Å². The Labute approximate surface area is 103 Å². The van der Waals surface area contributed by atoms with Crippen LogP contribution in [0.25, 0.3) is 0 Å². The second-order valence-electron chi connectivity index (χ2n) is 3.83. The Bertz CT molecular complexity index is 545. The summed E-state index contributed by atoms with van der Waals surface area (Å²) >= 11 is 0. The minimum absolute atomic E-state index is 0.0982. The summed E-state index contributed by atoms with van der Waals surface area (Å²) in [7, 11) is 0. The van der Waals surface area contributed by atoms with Gasteiger partial charge in [0.15, 0.2) is 11.6 Å². The van der Waals surface area contributed by atoms with Crippen molar-refractivity contribution in [1.29, 1.82) is 0 Å². The molecule has 0 aliphatic heterocycles. The fraction of sp³-hybridized carbons (Fsp3) is 0.167. The Morgan fingerprint density at radius 1 is 1.22 bits per heavy atom. The molecule has 3 N–H and O–H groups in total. The van der Waals surface area contributed by atoms with E-state index in [2.05, 4.69) is 15.4 Å². The number of halogens is 2. The van der Waals surface area contributed by atoms with Crippen molar-refractivity contribution < 1.29 is 8.78 Å². The van der Waals surface area contributed by atoms with Crippen molar-refractivity contribution in [2.75, 3.05) is 0 Å².